The monoisotopic (exact) mass is 200 g/mol. The van der Waals surface area contributed by atoms with Crippen molar-refractivity contribution in [3.8, 4) is 0 Å². The number of hydrogen-bond acceptors (Lipinski definition) is 3. The van der Waals surface area contributed by atoms with E-state index in [4.69, 9.17) is 5.11 Å². The molecule has 1 rings (SSSR count). The van der Waals surface area contributed by atoms with Crippen molar-refractivity contribution < 1.29 is 14.7 Å². The summed E-state index contributed by atoms with van der Waals surface area (Å²) < 4.78 is 0. The summed E-state index contributed by atoms with van der Waals surface area (Å²) in [7, 11) is 1.54. The molecule has 0 aromatic rings. The number of hydrogen-bond donors (Lipinski definition) is 2. The van der Waals surface area contributed by atoms with Gasteiger partial charge >= 0.3 is 5.97 Å². The molecule has 5 heteroatoms. The molecule has 0 aromatic carbocycles. The van der Waals surface area contributed by atoms with Crippen LogP contribution < -0.4 is 5.32 Å². The molecular formula is C9H16N2O3. The fraction of sp³-hybridized carbons (Fsp3) is 0.778. The van der Waals surface area contributed by atoms with Gasteiger partial charge in [0.25, 0.3) is 0 Å². The molecule has 0 unspecified atom stereocenters. The van der Waals surface area contributed by atoms with E-state index in [1.807, 2.05) is 0 Å². The highest BCUT2D eigenvalue weighted by molar-refractivity contribution is 5.87. The van der Waals surface area contributed by atoms with Gasteiger partial charge in [-0.3, -0.25) is 4.79 Å². The third-order valence-electron chi connectivity index (χ3n) is 2.82. The SMILES string of the molecule is CN(C(=O)C1CNC1)C(C)(C)C(=O)O. The van der Waals surface area contributed by atoms with Gasteiger partial charge in [0.15, 0.2) is 0 Å². The van der Waals surface area contributed by atoms with E-state index in [0.717, 1.165) is 0 Å². The Kier molecular flexibility index (Phi) is 2.80. The first kappa shape index (κ1) is 11.0. The summed E-state index contributed by atoms with van der Waals surface area (Å²) in [6.45, 7) is 4.36. The number of carboxylic acids is 1. The molecule has 80 valence electrons. The molecule has 1 fully saturated rings. The molecule has 0 saturated carbocycles. The van der Waals surface area contributed by atoms with Crippen molar-refractivity contribution in [1.82, 2.24) is 10.2 Å². The minimum atomic E-state index is -1.13. The number of carbonyl (C=O) groups is 2. The van der Waals surface area contributed by atoms with Gasteiger partial charge in [-0.25, -0.2) is 4.79 Å². The van der Waals surface area contributed by atoms with Gasteiger partial charge in [0.1, 0.15) is 5.54 Å². The fourth-order valence-electron chi connectivity index (χ4n) is 1.16. The first-order valence-electron chi connectivity index (χ1n) is 4.59. The Morgan fingerprint density at radius 2 is 1.93 bits per heavy atom. The van der Waals surface area contributed by atoms with Crippen molar-refractivity contribution in [3.05, 3.63) is 0 Å². The van der Waals surface area contributed by atoms with Crippen molar-refractivity contribution in [2.24, 2.45) is 5.92 Å². The minimum Gasteiger partial charge on any atom is -0.480 e. The Morgan fingerprint density at radius 3 is 2.21 bits per heavy atom. The van der Waals surface area contributed by atoms with Gasteiger partial charge in [0.2, 0.25) is 5.91 Å². The zero-order valence-electron chi connectivity index (χ0n) is 8.70. The number of carbonyl (C=O) groups excluding carboxylic acids is 1. The van der Waals surface area contributed by atoms with Crippen LogP contribution in [0.5, 0.6) is 0 Å². The van der Waals surface area contributed by atoms with Crippen LogP contribution in [0.3, 0.4) is 0 Å². The average Bonchev–Trinajstić information content (AvgIpc) is 1.99. The normalized spacial score (nSPS) is 17.4. The Hall–Kier alpha value is -1.10. The lowest BCUT2D eigenvalue weighted by Gasteiger charge is -2.37. The molecule has 2 N–H and O–H groups in total. The number of likely N-dealkylation sites (N-methyl/N-ethyl adjacent to an activating group) is 1. The molecule has 1 aliphatic rings. The highest BCUT2D eigenvalue weighted by Gasteiger charge is 2.39. The van der Waals surface area contributed by atoms with Gasteiger partial charge in [-0.2, -0.15) is 0 Å². The van der Waals surface area contributed by atoms with Crippen molar-refractivity contribution in [1.29, 1.82) is 0 Å². The van der Waals surface area contributed by atoms with Gasteiger partial charge < -0.3 is 15.3 Å². The van der Waals surface area contributed by atoms with E-state index in [-0.39, 0.29) is 11.8 Å². The number of rotatable bonds is 3. The number of amides is 1. The van der Waals surface area contributed by atoms with Crippen molar-refractivity contribution >= 4 is 11.9 Å². The summed E-state index contributed by atoms with van der Waals surface area (Å²) in [5, 5.41) is 11.9. The maximum atomic E-state index is 11.7. The van der Waals surface area contributed by atoms with Gasteiger partial charge in [0, 0.05) is 20.1 Å². The van der Waals surface area contributed by atoms with E-state index in [2.05, 4.69) is 5.32 Å². The van der Waals surface area contributed by atoms with E-state index in [0.29, 0.717) is 13.1 Å². The lowest BCUT2D eigenvalue weighted by Crippen LogP contribution is -2.58. The summed E-state index contributed by atoms with van der Waals surface area (Å²) in [6, 6.07) is 0. The average molecular weight is 200 g/mol. The van der Waals surface area contributed by atoms with Gasteiger partial charge in [0.05, 0.1) is 5.92 Å². The predicted octanol–water partition coefficient (Wildman–Crippen LogP) is -0.473. The fourth-order valence-corrected chi connectivity index (χ4v) is 1.16. The smallest absolute Gasteiger partial charge is 0.329 e. The van der Waals surface area contributed by atoms with Crippen molar-refractivity contribution in [3.63, 3.8) is 0 Å². The first-order chi connectivity index (χ1) is 6.37. The van der Waals surface area contributed by atoms with Crippen LogP contribution in [0.4, 0.5) is 0 Å². The summed E-state index contributed by atoms with van der Waals surface area (Å²) >= 11 is 0. The Bertz CT molecular complexity index is 259. The Balaban J connectivity index is 2.67. The van der Waals surface area contributed by atoms with E-state index >= 15 is 0 Å². The Morgan fingerprint density at radius 1 is 1.43 bits per heavy atom. The molecule has 1 saturated heterocycles. The zero-order valence-corrected chi connectivity index (χ0v) is 8.70. The van der Waals surface area contributed by atoms with Gasteiger partial charge in [-0.15, -0.1) is 0 Å². The van der Waals surface area contributed by atoms with E-state index in [9.17, 15) is 9.59 Å². The standard InChI is InChI=1S/C9H16N2O3/c1-9(2,8(13)14)11(3)7(12)6-4-10-5-6/h6,10H,4-5H2,1-3H3,(H,13,14). The summed E-state index contributed by atoms with van der Waals surface area (Å²) in [4.78, 5) is 23.9. The van der Waals surface area contributed by atoms with E-state index in [1.165, 1.54) is 25.8 Å². The largest absolute Gasteiger partial charge is 0.480 e. The second-order valence-corrected chi connectivity index (χ2v) is 4.12. The highest BCUT2D eigenvalue weighted by Crippen LogP contribution is 2.17. The Labute approximate surface area is 83.1 Å². The van der Waals surface area contributed by atoms with Crippen LogP contribution >= 0.6 is 0 Å². The minimum absolute atomic E-state index is 0.0568. The second kappa shape index (κ2) is 3.57. The molecule has 0 spiro atoms. The molecule has 0 atom stereocenters. The summed E-state index contributed by atoms with van der Waals surface area (Å²) in [5.74, 6) is -1.14. The number of nitrogens with zero attached hydrogens (tertiary/aromatic N) is 1. The first-order valence-corrected chi connectivity index (χ1v) is 4.59. The number of aliphatic carboxylic acids is 1. The van der Waals surface area contributed by atoms with E-state index in [1.54, 1.807) is 0 Å². The molecule has 0 bridgehead atoms. The van der Waals surface area contributed by atoms with Crippen molar-refractivity contribution in [2.45, 2.75) is 19.4 Å². The molecule has 0 radical (unpaired) electrons. The molecule has 0 aromatic heterocycles. The topological polar surface area (TPSA) is 69.6 Å². The van der Waals surface area contributed by atoms with Crippen LogP contribution in [0.1, 0.15) is 13.8 Å². The van der Waals surface area contributed by atoms with Crippen LogP contribution in [0, 0.1) is 5.92 Å². The van der Waals surface area contributed by atoms with Gasteiger partial charge in [-0.05, 0) is 13.8 Å². The highest BCUT2D eigenvalue weighted by atomic mass is 16.4. The number of nitrogens with one attached hydrogen (secondary N) is 1. The lowest BCUT2D eigenvalue weighted by molar-refractivity contribution is -0.157. The lowest BCUT2D eigenvalue weighted by atomic mass is 9.97. The van der Waals surface area contributed by atoms with Crippen LogP contribution in [0.2, 0.25) is 0 Å². The van der Waals surface area contributed by atoms with Crippen LogP contribution in [0.15, 0.2) is 0 Å². The maximum Gasteiger partial charge on any atom is 0.329 e. The molecule has 14 heavy (non-hydrogen) atoms. The predicted molar refractivity (Wildman–Crippen MR) is 50.8 cm³/mol. The summed E-state index contributed by atoms with van der Waals surface area (Å²) in [6.07, 6.45) is 0. The second-order valence-electron chi connectivity index (χ2n) is 4.12. The molecule has 0 aliphatic carbocycles. The molecular weight excluding hydrogens is 184 g/mol. The quantitative estimate of drug-likeness (QED) is 0.646. The molecule has 1 amide bonds. The third-order valence-corrected chi connectivity index (χ3v) is 2.82. The van der Waals surface area contributed by atoms with Crippen molar-refractivity contribution in [2.75, 3.05) is 20.1 Å². The number of carboxylic acid groups (broad SMARTS) is 1. The van der Waals surface area contributed by atoms with Gasteiger partial charge in [-0.1, -0.05) is 0 Å². The summed E-state index contributed by atoms with van der Waals surface area (Å²) in [5.41, 5.74) is -1.13. The maximum absolute atomic E-state index is 11.7. The third kappa shape index (κ3) is 1.72. The van der Waals surface area contributed by atoms with E-state index < -0.39 is 11.5 Å². The van der Waals surface area contributed by atoms with Crippen LogP contribution in [-0.4, -0.2) is 47.6 Å². The molecule has 1 aliphatic heterocycles. The van der Waals surface area contributed by atoms with Crippen LogP contribution in [-0.2, 0) is 9.59 Å². The zero-order chi connectivity index (χ0) is 10.9. The van der Waals surface area contributed by atoms with Crippen LogP contribution in [0.25, 0.3) is 0 Å². The molecule has 5 nitrogen and oxygen atoms in total. The molecule has 1 heterocycles.